The molecule has 0 amide bonds. The number of benzene rings is 2. The number of ether oxygens (including phenoxy) is 1. The van der Waals surface area contributed by atoms with Gasteiger partial charge in [0.25, 0.3) is 0 Å². The molecule has 2 aromatic rings. The van der Waals surface area contributed by atoms with E-state index in [-0.39, 0.29) is 12.2 Å². The van der Waals surface area contributed by atoms with Gasteiger partial charge in [0.15, 0.2) is 5.78 Å². The van der Waals surface area contributed by atoms with Gasteiger partial charge in [-0.1, -0.05) is 35.3 Å². The van der Waals surface area contributed by atoms with Gasteiger partial charge in [0, 0.05) is 16.5 Å². The van der Waals surface area contributed by atoms with Gasteiger partial charge in [0.2, 0.25) is 0 Å². The molecule has 0 saturated heterocycles. The van der Waals surface area contributed by atoms with E-state index < -0.39 is 0 Å². The summed E-state index contributed by atoms with van der Waals surface area (Å²) in [6.07, 6.45) is 0.261. The monoisotopic (exact) mass is 294 g/mol. The van der Waals surface area contributed by atoms with Crippen LogP contribution in [0, 0.1) is 0 Å². The molecule has 0 aromatic heterocycles. The van der Waals surface area contributed by atoms with Crippen molar-refractivity contribution in [2.75, 3.05) is 7.11 Å². The smallest absolute Gasteiger partial charge is 0.171 e. The predicted octanol–water partition coefficient (Wildman–Crippen LogP) is 4.43. The zero-order valence-electron chi connectivity index (χ0n) is 10.3. The third kappa shape index (κ3) is 3.49. The Morgan fingerprint density at radius 1 is 1.11 bits per heavy atom. The number of halogens is 2. The minimum Gasteiger partial charge on any atom is -0.496 e. The number of rotatable bonds is 4. The first-order valence-corrected chi connectivity index (χ1v) is 6.47. The summed E-state index contributed by atoms with van der Waals surface area (Å²) in [6.45, 7) is 0. The van der Waals surface area contributed by atoms with Crippen molar-refractivity contribution in [2.45, 2.75) is 6.42 Å². The summed E-state index contributed by atoms with van der Waals surface area (Å²) >= 11 is 11.8. The lowest BCUT2D eigenvalue weighted by molar-refractivity contribution is 0.0990. The molecule has 19 heavy (non-hydrogen) atoms. The maximum Gasteiger partial charge on any atom is 0.171 e. The standard InChI is InChI=1S/C15H12Cl2O2/c1-19-15-6-5-12(17)9-13(15)14(18)8-10-3-2-4-11(16)7-10/h2-7,9H,8H2,1H3. The molecule has 2 aromatic carbocycles. The lowest BCUT2D eigenvalue weighted by Gasteiger charge is -2.08. The van der Waals surface area contributed by atoms with Crippen molar-refractivity contribution in [1.82, 2.24) is 0 Å². The van der Waals surface area contributed by atoms with Crippen molar-refractivity contribution in [2.24, 2.45) is 0 Å². The third-order valence-corrected chi connectivity index (χ3v) is 3.19. The number of hydrogen-bond acceptors (Lipinski definition) is 2. The molecular weight excluding hydrogens is 283 g/mol. The average Bonchev–Trinajstić information content (AvgIpc) is 2.38. The molecule has 0 saturated carbocycles. The summed E-state index contributed by atoms with van der Waals surface area (Å²) in [7, 11) is 1.53. The largest absolute Gasteiger partial charge is 0.496 e. The number of carbonyl (C=O) groups is 1. The maximum atomic E-state index is 12.3. The molecule has 0 radical (unpaired) electrons. The van der Waals surface area contributed by atoms with Crippen molar-refractivity contribution in [3.05, 3.63) is 63.6 Å². The van der Waals surface area contributed by atoms with E-state index in [1.54, 1.807) is 30.3 Å². The minimum atomic E-state index is -0.0541. The van der Waals surface area contributed by atoms with Gasteiger partial charge in [0.05, 0.1) is 12.7 Å². The SMILES string of the molecule is COc1ccc(Cl)cc1C(=O)Cc1cccc(Cl)c1. The summed E-state index contributed by atoms with van der Waals surface area (Å²) in [5.74, 6) is 0.470. The van der Waals surface area contributed by atoms with Crippen molar-refractivity contribution in [3.8, 4) is 5.75 Å². The normalized spacial score (nSPS) is 10.3. The Bertz CT molecular complexity index is 609. The highest BCUT2D eigenvalue weighted by Crippen LogP contribution is 2.24. The fourth-order valence-corrected chi connectivity index (χ4v) is 2.21. The highest BCUT2D eigenvalue weighted by atomic mass is 35.5. The van der Waals surface area contributed by atoms with E-state index >= 15 is 0 Å². The fraction of sp³-hybridized carbons (Fsp3) is 0.133. The Labute approximate surface area is 121 Å². The molecule has 0 unspecified atom stereocenters. The first kappa shape index (κ1) is 13.9. The number of Topliss-reactive ketones (excluding diaryl/α,β-unsaturated/α-hetero) is 1. The molecule has 0 bridgehead atoms. The second-order valence-corrected chi connectivity index (χ2v) is 4.95. The molecule has 98 valence electrons. The lowest BCUT2D eigenvalue weighted by Crippen LogP contribution is -2.05. The van der Waals surface area contributed by atoms with Gasteiger partial charge in [-0.15, -0.1) is 0 Å². The van der Waals surface area contributed by atoms with Crippen LogP contribution in [0.1, 0.15) is 15.9 Å². The highest BCUT2D eigenvalue weighted by molar-refractivity contribution is 6.31. The van der Waals surface area contributed by atoms with Gasteiger partial charge in [-0.25, -0.2) is 0 Å². The minimum absolute atomic E-state index is 0.0541. The number of hydrogen-bond donors (Lipinski definition) is 0. The van der Waals surface area contributed by atoms with Gasteiger partial charge in [-0.05, 0) is 35.9 Å². The van der Waals surface area contributed by atoms with E-state index in [4.69, 9.17) is 27.9 Å². The van der Waals surface area contributed by atoms with Crippen molar-refractivity contribution >= 4 is 29.0 Å². The van der Waals surface area contributed by atoms with Crippen LogP contribution in [-0.4, -0.2) is 12.9 Å². The van der Waals surface area contributed by atoms with E-state index in [0.29, 0.717) is 21.4 Å². The van der Waals surface area contributed by atoms with Gasteiger partial charge in [-0.2, -0.15) is 0 Å². The summed E-state index contributed by atoms with van der Waals surface area (Å²) in [5, 5.41) is 1.12. The van der Waals surface area contributed by atoms with E-state index in [9.17, 15) is 4.79 Å². The van der Waals surface area contributed by atoms with Crippen LogP contribution in [0.3, 0.4) is 0 Å². The van der Waals surface area contributed by atoms with E-state index in [1.165, 1.54) is 7.11 Å². The van der Waals surface area contributed by atoms with E-state index in [2.05, 4.69) is 0 Å². The summed E-state index contributed by atoms with van der Waals surface area (Å²) < 4.78 is 5.18. The van der Waals surface area contributed by atoms with Crippen molar-refractivity contribution in [1.29, 1.82) is 0 Å². The molecule has 0 fully saturated rings. The van der Waals surface area contributed by atoms with Gasteiger partial charge >= 0.3 is 0 Å². The van der Waals surface area contributed by atoms with Crippen LogP contribution in [0.15, 0.2) is 42.5 Å². The molecule has 0 aliphatic rings. The van der Waals surface area contributed by atoms with Crippen LogP contribution < -0.4 is 4.74 Å². The topological polar surface area (TPSA) is 26.3 Å². The molecule has 0 atom stereocenters. The fourth-order valence-electron chi connectivity index (χ4n) is 1.83. The molecule has 4 heteroatoms. The second kappa shape index (κ2) is 6.09. The summed E-state index contributed by atoms with van der Waals surface area (Å²) in [4.78, 5) is 12.3. The number of methoxy groups -OCH3 is 1. The third-order valence-electron chi connectivity index (χ3n) is 2.72. The quantitative estimate of drug-likeness (QED) is 0.780. The first-order valence-electron chi connectivity index (χ1n) is 5.71. The van der Waals surface area contributed by atoms with Crippen molar-refractivity contribution in [3.63, 3.8) is 0 Å². The molecule has 0 spiro atoms. The first-order chi connectivity index (χ1) is 9.10. The van der Waals surface area contributed by atoms with Crippen LogP contribution in [-0.2, 0) is 6.42 Å². The van der Waals surface area contributed by atoms with Gasteiger partial charge in [-0.3, -0.25) is 4.79 Å². The summed E-state index contributed by atoms with van der Waals surface area (Å²) in [6, 6.07) is 12.2. The van der Waals surface area contributed by atoms with Crippen LogP contribution in [0.25, 0.3) is 0 Å². The molecular formula is C15H12Cl2O2. The highest BCUT2D eigenvalue weighted by Gasteiger charge is 2.13. The second-order valence-electron chi connectivity index (χ2n) is 4.07. The van der Waals surface area contributed by atoms with E-state index in [0.717, 1.165) is 5.56 Å². The molecule has 0 N–H and O–H groups in total. The predicted molar refractivity (Wildman–Crippen MR) is 77.5 cm³/mol. The van der Waals surface area contributed by atoms with Crippen LogP contribution in [0.2, 0.25) is 10.0 Å². The Morgan fingerprint density at radius 3 is 2.53 bits per heavy atom. The zero-order valence-corrected chi connectivity index (χ0v) is 11.8. The maximum absolute atomic E-state index is 12.3. The summed E-state index contributed by atoms with van der Waals surface area (Å²) in [5.41, 5.74) is 1.34. The van der Waals surface area contributed by atoms with Gasteiger partial charge in [0.1, 0.15) is 5.75 Å². The lowest BCUT2D eigenvalue weighted by atomic mass is 10.0. The Morgan fingerprint density at radius 2 is 1.84 bits per heavy atom. The van der Waals surface area contributed by atoms with Gasteiger partial charge < -0.3 is 4.74 Å². The Hall–Kier alpha value is -1.51. The zero-order chi connectivity index (χ0) is 13.8. The molecule has 0 aliphatic carbocycles. The number of carbonyl (C=O) groups excluding carboxylic acids is 1. The Kier molecular flexibility index (Phi) is 4.46. The molecule has 0 heterocycles. The van der Waals surface area contributed by atoms with Crippen LogP contribution >= 0.6 is 23.2 Å². The van der Waals surface area contributed by atoms with Crippen LogP contribution in [0.4, 0.5) is 0 Å². The Balaban J connectivity index is 2.27. The van der Waals surface area contributed by atoms with Crippen molar-refractivity contribution < 1.29 is 9.53 Å². The molecule has 2 nitrogen and oxygen atoms in total. The van der Waals surface area contributed by atoms with Crippen LogP contribution in [0.5, 0.6) is 5.75 Å². The average molecular weight is 295 g/mol. The number of ketones is 1. The molecule has 0 aliphatic heterocycles. The van der Waals surface area contributed by atoms with E-state index in [1.807, 2.05) is 12.1 Å². The molecule has 2 rings (SSSR count).